The number of phenolic OH excluding ortho intramolecular Hbond substituents is 1. The number of hydrogen-bond acceptors (Lipinski definition) is 4. The number of benzene rings is 1. The quantitative estimate of drug-likeness (QED) is 0.864. The van der Waals surface area contributed by atoms with E-state index < -0.39 is 0 Å². The monoisotopic (exact) mass is 296 g/mol. The third-order valence-electron chi connectivity index (χ3n) is 3.18. The Labute approximate surface area is 127 Å². The minimum absolute atomic E-state index is 0.370. The highest BCUT2D eigenvalue weighted by Crippen LogP contribution is 2.29. The van der Waals surface area contributed by atoms with Gasteiger partial charge >= 0.3 is 0 Å². The second-order valence-electron chi connectivity index (χ2n) is 5.49. The highest BCUT2D eigenvalue weighted by molar-refractivity contribution is 7.79. The van der Waals surface area contributed by atoms with E-state index in [9.17, 15) is 5.11 Å². The van der Waals surface area contributed by atoms with E-state index in [-0.39, 0.29) is 0 Å². The van der Waals surface area contributed by atoms with Gasteiger partial charge in [0, 0.05) is 26.2 Å². The van der Waals surface area contributed by atoms with Gasteiger partial charge in [-0.05, 0) is 62.9 Å². The fourth-order valence-electron chi connectivity index (χ4n) is 1.98. The van der Waals surface area contributed by atoms with Crippen molar-refractivity contribution in [3.8, 4) is 5.75 Å². The molecule has 1 aromatic carbocycles. The smallest absolute Gasteiger partial charge is 0.259 e. The summed E-state index contributed by atoms with van der Waals surface area (Å²) in [4.78, 5) is 3.80. The molecule has 4 nitrogen and oxygen atoms in total. The van der Waals surface area contributed by atoms with Crippen LogP contribution in [0.4, 0.5) is 0 Å². The minimum Gasteiger partial charge on any atom is -0.507 e. The molecule has 0 heterocycles. The standard InChI is InChI=1S/C15H24N2O2S/c1-10-7-12(9-19-15(20)17(5)6)11(2)13(14(10)18)8-16(3)4/h7,18H,8-9H2,1-6H3. The number of aromatic hydroxyl groups is 1. The van der Waals surface area contributed by atoms with Crippen LogP contribution in [-0.2, 0) is 17.9 Å². The summed E-state index contributed by atoms with van der Waals surface area (Å²) in [7, 11) is 7.68. The molecule has 20 heavy (non-hydrogen) atoms. The molecule has 0 atom stereocenters. The van der Waals surface area contributed by atoms with Crippen LogP contribution in [0.5, 0.6) is 5.75 Å². The van der Waals surface area contributed by atoms with Gasteiger partial charge in [-0.3, -0.25) is 0 Å². The molecular weight excluding hydrogens is 272 g/mol. The van der Waals surface area contributed by atoms with E-state index in [1.807, 2.05) is 53.0 Å². The lowest BCUT2D eigenvalue weighted by Gasteiger charge is -2.20. The van der Waals surface area contributed by atoms with Gasteiger partial charge in [-0.1, -0.05) is 0 Å². The molecule has 0 saturated heterocycles. The van der Waals surface area contributed by atoms with Crippen LogP contribution in [0.2, 0.25) is 0 Å². The molecule has 1 aromatic rings. The van der Waals surface area contributed by atoms with Crippen LogP contribution in [0, 0.1) is 13.8 Å². The Morgan fingerprint density at radius 2 is 1.85 bits per heavy atom. The van der Waals surface area contributed by atoms with Crippen molar-refractivity contribution >= 4 is 17.4 Å². The average molecular weight is 296 g/mol. The van der Waals surface area contributed by atoms with Crippen molar-refractivity contribution in [1.29, 1.82) is 0 Å². The molecule has 0 amide bonds. The van der Waals surface area contributed by atoms with Crippen LogP contribution in [0.3, 0.4) is 0 Å². The summed E-state index contributed by atoms with van der Waals surface area (Å²) in [6, 6.07) is 1.96. The highest BCUT2D eigenvalue weighted by Gasteiger charge is 2.14. The molecule has 112 valence electrons. The highest BCUT2D eigenvalue weighted by atomic mass is 32.1. The lowest BCUT2D eigenvalue weighted by molar-refractivity contribution is 0.256. The van der Waals surface area contributed by atoms with Crippen molar-refractivity contribution in [1.82, 2.24) is 9.80 Å². The Kier molecular flexibility index (Phi) is 5.77. The third kappa shape index (κ3) is 4.08. The second kappa shape index (κ2) is 6.90. The molecular formula is C15H24N2O2S. The molecule has 0 radical (unpaired) electrons. The molecule has 1 rings (SSSR count). The molecule has 0 bridgehead atoms. The SMILES string of the molecule is Cc1cc(COC(=S)N(C)C)c(C)c(CN(C)C)c1O. The number of ether oxygens (including phenoxy) is 1. The van der Waals surface area contributed by atoms with E-state index >= 15 is 0 Å². The van der Waals surface area contributed by atoms with Crippen LogP contribution in [0.25, 0.3) is 0 Å². The van der Waals surface area contributed by atoms with Crippen LogP contribution in [-0.4, -0.2) is 48.3 Å². The Hall–Kier alpha value is -1.33. The molecule has 0 fully saturated rings. The average Bonchev–Trinajstić information content (AvgIpc) is 2.36. The number of rotatable bonds is 4. The van der Waals surface area contributed by atoms with Gasteiger partial charge in [0.25, 0.3) is 5.17 Å². The predicted molar refractivity (Wildman–Crippen MR) is 86.0 cm³/mol. The Morgan fingerprint density at radius 3 is 2.35 bits per heavy atom. The van der Waals surface area contributed by atoms with Gasteiger partial charge < -0.3 is 19.6 Å². The molecule has 0 aliphatic rings. The topological polar surface area (TPSA) is 35.9 Å². The maximum atomic E-state index is 10.2. The first-order valence-electron chi connectivity index (χ1n) is 6.53. The number of aryl methyl sites for hydroxylation is 1. The number of phenols is 1. The van der Waals surface area contributed by atoms with E-state index in [4.69, 9.17) is 17.0 Å². The molecule has 0 saturated carbocycles. The first kappa shape index (κ1) is 16.7. The zero-order chi connectivity index (χ0) is 15.4. The number of hydrogen-bond donors (Lipinski definition) is 1. The number of nitrogens with zero attached hydrogens (tertiary/aromatic N) is 2. The van der Waals surface area contributed by atoms with Crippen molar-refractivity contribution in [3.05, 3.63) is 28.3 Å². The maximum Gasteiger partial charge on any atom is 0.259 e. The van der Waals surface area contributed by atoms with Gasteiger partial charge in [-0.25, -0.2) is 0 Å². The first-order valence-corrected chi connectivity index (χ1v) is 6.94. The Bertz CT molecular complexity index is 499. The maximum absolute atomic E-state index is 10.2. The fraction of sp³-hybridized carbons (Fsp3) is 0.533. The van der Waals surface area contributed by atoms with Crippen molar-refractivity contribution < 1.29 is 9.84 Å². The lowest BCUT2D eigenvalue weighted by atomic mass is 9.97. The Balaban J connectivity index is 3.03. The molecule has 0 aliphatic carbocycles. The van der Waals surface area contributed by atoms with E-state index in [1.54, 1.807) is 4.90 Å². The fourth-order valence-corrected chi connectivity index (χ4v) is 2.03. The van der Waals surface area contributed by atoms with Gasteiger partial charge in [0.1, 0.15) is 12.4 Å². The van der Waals surface area contributed by atoms with E-state index in [0.29, 0.717) is 24.1 Å². The summed E-state index contributed by atoms with van der Waals surface area (Å²) in [5, 5.41) is 10.7. The van der Waals surface area contributed by atoms with Crippen molar-refractivity contribution in [2.75, 3.05) is 28.2 Å². The molecule has 0 aromatic heterocycles. The van der Waals surface area contributed by atoms with Gasteiger partial charge in [0.2, 0.25) is 0 Å². The van der Waals surface area contributed by atoms with Crippen molar-refractivity contribution in [2.45, 2.75) is 27.0 Å². The zero-order valence-electron chi connectivity index (χ0n) is 13.1. The summed E-state index contributed by atoms with van der Waals surface area (Å²) in [5.74, 6) is 0.370. The van der Waals surface area contributed by atoms with Crippen molar-refractivity contribution in [3.63, 3.8) is 0 Å². The summed E-state index contributed by atoms with van der Waals surface area (Å²) in [6.07, 6.45) is 0. The first-order chi connectivity index (χ1) is 9.23. The molecule has 0 spiro atoms. The second-order valence-corrected chi connectivity index (χ2v) is 5.84. The third-order valence-corrected chi connectivity index (χ3v) is 3.66. The van der Waals surface area contributed by atoms with Crippen LogP contribution >= 0.6 is 12.2 Å². The summed E-state index contributed by atoms with van der Waals surface area (Å²) < 4.78 is 5.59. The normalized spacial score (nSPS) is 10.8. The number of thiocarbonyl (C=S) groups is 1. The Morgan fingerprint density at radius 1 is 1.25 bits per heavy atom. The van der Waals surface area contributed by atoms with Crippen molar-refractivity contribution in [2.24, 2.45) is 0 Å². The van der Waals surface area contributed by atoms with E-state index in [0.717, 1.165) is 22.3 Å². The summed E-state index contributed by atoms with van der Waals surface area (Å²) in [5.41, 5.74) is 3.93. The molecule has 0 aliphatic heterocycles. The van der Waals surface area contributed by atoms with Gasteiger partial charge in [-0.15, -0.1) is 0 Å². The zero-order valence-corrected chi connectivity index (χ0v) is 14.0. The molecule has 1 N–H and O–H groups in total. The largest absolute Gasteiger partial charge is 0.507 e. The van der Waals surface area contributed by atoms with Crippen LogP contribution in [0.15, 0.2) is 6.07 Å². The van der Waals surface area contributed by atoms with Gasteiger partial charge in [0.05, 0.1) is 0 Å². The van der Waals surface area contributed by atoms with E-state index in [1.165, 1.54) is 0 Å². The minimum atomic E-state index is 0.370. The van der Waals surface area contributed by atoms with Gasteiger partial charge in [-0.2, -0.15) is 0 Å². The van der Waals surface area contributed by atoms with Crippen LogP contribution in [0.1, 0.15) is 22.3 Å². The van der Waals surface area contributed by atoms with Gasteiger partial charge in [0.15, 0.2) is 0 Å². The molecule has 5 heteroatoms. The predicted octanol–water partition coefficient (Wildman–Crippen LogP) is 2.43. The van der Waals surface area contributed by atoms with Crippen LogP contribution < -0.4 is 0 Å². The van der Waals surface area contributed by atoms with E-state index in [2.05, 4.69) is 0 Å². The molecule has 0 unspecified atom stereocenters. The summed E-state index contributed by atoms with van der Waals surface area (Å²) in [6.45, 7) is 5.03. The lowest BCUT2D eigenvalue weighted by Crippen LogP contribution is -2.22. The summed E-state index contributed by atoms with van der Waals surface area (Å²) >= 11 is 5.13.